The van der Waals surface area contributed by atoms with Crippen molar-refractivity contribution < 1.29 is 9.53 Å². The fraction of sp³-hybridized carbons (Fsp3) is 0.304. The number of aryl methyl sites for hydroxylation is 3. The number of nitrogens with one attached hydrogen (secondary N) is 2. The maximum atomic E-state index is 12.8. The van der Waals surface area contributed by atoms with Crippen molar-refractivity contribution in [2.75, 3.05) is 7.11 Å². The Kier molecular flexibility index (Phi) is 5.92. The standard InChI is InChI=1S/C23H27N3O3/c1-14-9-15(2)25-23(28)21(14)12-24-22(27)20-10-16(3)26(17(20)4)13-18-7-6-8-19(11-18)29-5/h6-11H,12-13H2,1-5H3,(H,24,27)(H,25,28). The molecule has 2 N–H and O–H groups in total. The molecule has 3 rings (SSSR count). The second-order valence-electron chi connectivity index (χ2n) is 7.35. The molecule has 0 saturated heterocycles. The summed E-state index contributed by atoms with van der Waals surface area (Å²) in [5, 5.41) is 2.89. The summed E-state index contributed by atoms with van der Waals surface area (Å²) in [6.45, 7) is 8.49. The molecular weight excluding hydrogens is 366 g/mol. The van der Waals surface area contributed by atoms with Crippen LogP contribution in [0.2, 0.25) is 0 Å². The van der Waals surface area contributed by atoms with Gasteiger partial charge in [-0.1, -0.05) is 12.1 Å². The van der Waals surface area contributed by atoms with E-state index >= 15 is 0 Å². The van der Waals surface area contributed by atoms with Crippen LogP contribution in [-0.2, 0) is 13.1 Å². The molecule has 0 aliphatic carbocycles. The minimum atomic E-state index is -0.186. The van der Waals surface area contributed by atoms with Gasteiger partial charge in [0.15, 0.2) is 0 Å². The van der Waals surface area contributed by atoms with E-state index in [1.165, 1.54) is 0 Å². The number of hydrogen-bond donors (Lipinski definition) is 2. The fourth-order valence-electron chi connectivity index (χ4n) is 3.59. The SMILES string of the molecule is COc1cccc(Cn2c(C)cc(C(=O)NCc3c(C)cc(C)[nH]c3=O)c2C)c1. The molecule has 0 bridgehead atoms. The Morgan fingerprint density at radius 3 is 2.59 bits per heavy atom. The van der Waals surface area contributed by atoms with Gasteiger partial charge in [0.1, 0.15) is 5.75 Å². The van der Waals surface area contributed by atoms with Gasteiger partial charge < -0.3 is 19.6 Å². The van der Waals surface area contributed by atoms with E-state index in [9.17, 15) is 9.59 Å². The van der Waals surface area contributed by atoms with E-state index in [2.05, 4.69) is 14.9 Å². The normalized spacial score (nSPS) is 10.8. The van der Waals surface area contributed by atoms with Gasteiger partial charge >= 0.3 is 0 Å². The van der Waals surface area contributed by atoms with E-state index in [0.29, 0.717) is 17.7 Å². The van der Waals surface area contributed by atoms with Crippen molar-refractivity contribution in [2.45, 2.75) is 40.8 Å². The van der Waals surface area contributed by atoms with Crippen LogP contribution in [0, 0.1) is 27.7 Å². The monoisotopic (exact) mass is 393 g/mol. The minimum Gasteiger partial charge on any atom is -0.497 e. The van der Waals surface area contributed by atoms with E-state index in [4.69, 9.17) is 4.74 Å². The number of carbonyl (C=O) groups is 1. The molecule has 3 aromatic rings. The Balaban J connectivity index is 1.78. The summed E-state index contributed by atoms with van der Waals surface area (Å²) in [4.78, 5) is 27.7. The summed E-state index contributed by atoms with van der Waals surface area (Å²) < 4.78 is 7.40. The van der Waals surface area contributed by atoms with Crippen LogP contribution in [0.4, 0.5) is 0 Å². The Labute approximate surface area is 170 Å². The number of carbonyl (C=O) groups excluding carboxylic acids is 1. The Morgan fingerprint density at radius 2 is 1.90 bits per heavy atom. The smallest absolute Gasteiger partial charge is 0.253 e. The van der Waals surface area contributed by atoms with E-state index < -0.39 is 0 Å². The fourth-order valence-corrected chi connectivity index (χ4v) is 3.59. The molecule has 0 saturated carbocycles. The molecule has 0 aliphatic heterocycles. The quantitative estimate of drug-likeness (QED) is 0.674. The van der Waals surface area contributed by atoms with Crippen molar-refractivity contribution in [3.8, 4) is 5.75 Å². The topological polar surface area (TPSA) is 76.1 Å². The van der Waals surface area contributed by atoms with Gasteiger partial charge in [-0.15, -0.1) is 0 Å². The van der Waals surface area contributed by atoms with Crippen LogP contribution in [0.25, 0.3) is 0 Å². The molecule has 0 unspecified atom stereocenters. The van der Waals surface area contributed by atoms with Crippen LogP contribution in [0.15, 0.2) is 41.2 Å². The first-order valence-corrected chi connectivity index (χ1v) is 9.57. The van der Waals surface area contributed by atoms with Gasteiger partial charge in [0.05, 0.1) is 12.7 Å². The molecular formula is C23H27N3O3. The number of aromatic nitrogens is 2. The zero-order valence-corrected chi connectivity index (χ0v) is 17.6. The Bertz CT molecular complexity index is 1110. The van der Waals surface area contributed by atoms with Gasteiger partial charge in [0, 0.05) is 35.7 Å². The second kappa shape index (κ2) is 8.39. The maximum Gasteiger partial charge on any atom is 0.253 e. The number of nitrogens with zero attached hydrogens (tertiary/aromatic N) is 1. The molecule has 0 fully saturated rings. The number of rotatable bonds is 6. The van der Waals surface area contributed by atoms with Gasteiger partial charge in [-0.05, 0) is 63.1 Å². The highest BCUT2D eigenvalue weighted by atomic mass is 16.5. The van der Waals surface area contributed by atoms with E-state index in [1.54, 1.807) is 7.11 Å². The highest BCUT2D eigenvalue weighted by Gasteiger charge is 2.17. The van der Waals surface area contributed by atoms with Crippen molar-refractivity contribution in [3.63, 3.8) is 0 Å². The molecule has 152 valence electrons. The van der Waals surface area contributed by atoms with Gasteiger partial charge in [-0.2, -0.15) is 0 Å². The Hall–Kier alpha value is -3.28. The second-order valence-corrected chi connectivity index (χ2v) is 7.35. The summed E-state index contributed by atoms with van der Waals surface area (Å²) in [5.74, 6) is 0.621. The lowest BCUT2D eigenvalue weighted by atomic mass is 10.1. The van der Waals surface area contributed by atoms with Gasteiger partial charge in [0.2, 0.25) is 0 Å². The predicted octanol–water partition coefficient (Wildman–Crippen LogP) is 3.40. The molecule has 1 amide bonds. The van der Waals surface area contributed by atoms with Crippen molar-refractivity contribution in [2.24, 2.45) is 0 Å². The minimum absolute atomic E-state index is 0.161. The number of hydrogen-bond acceptors (Lipinski definition) is 3. The van der Waals surface area contributed by atoms with Crippen LogP contribution in [0.1, 0.15) is 44.1 Å². The number of benzene rings is 1. The lowest BCUT2D eigenvalue weighted by Gasteiger charge is -2.11. The summed E-state index contributed by atoms with van der Waals surface area (Å²) >= 11 is 0. The number of amides is 1. The van der Waals surface area contributed by atoms with Gasteiger partial charge in [-0.25, -0.2) is 0 Å². The van der Waals surface area contributed by atoms with Gasteiger partial charge in [0.25, 0.3) is 11.5 Å². The summed E-state index contributed by atoms with van der Waals surface area (Å²) in [7, 11) is 1.65. The molecule has 2 heterocycles. The number of ether oxygens (including phenoxy) is 1. The molecule has 0 radical (unpaired) electrons. The first-order valence-electron chi connectivity index (χ1n) is 9.57. The zero-order valence-electron chi connectivity index (χ0n) is 17.6. The van der Waals surface area contributed by atoms with Crippen molar-refractivity contribution in [1.29, 1.82) is 0 Å². The highest BCUT2D eigenvalue weighted by Crippen LogP contribution is 2.19. The predicted molar refractivity (Wildman–Crippen MR) is 114 cm³/mol. The molecule has 1 aromatic carbocycles. The van der Waals surface area contributed by atoms with Gasteiger partial charge in [-0.3, -0.25) is 9.59 Å². The van der Waals surface area contributed by atoms with Crippen LogP contribution in [-0.4, -0.2) is 22.6 Å². The third-order valence-corrected chi connectivity index (χ3v) is 5.21. The first-order chi connectivity index (χ1) is 13.8. The maximum absolute atomic E-state index is 12.8. The Morgan fingerprint density at radius 1 is 1.14 bits per heavy atom. The van der Waals surface area contributed by atoms with Crippen molar-refractivity contribution in [3.05, 3.63) is 86.1 Å². The van der Waals surface area contributed by atoms with Crippen LogP contribution >= 0.6 is 0 Å². The molecule has 0 spiro atoms. The molecule has 6 nitrogen and oxygen atoms in total. The summed E-state index contributed by atoms with van der Waals surface area (Å²) in [6, 6.07) is 11.7. The lowest BCUT2D eigenvalue weighted by molar-refractivity contribution is 0.0950. The third kappa shape index (κ3) is 4.42. The van der Waals surface area contributed by atoms with E-state index in [-0.39, 0.29) is 18.0 Å². The van der Waals surface area contributed by atoms with E-state index in [0.717, 1.165) is 34.0 Å². The zero-order chi connectivity index (χ0) is 21.1. The largest absolute Gasteiger partial charge is 0.497 e. The molecule has 2 aromatic heterocycles. The van der Waals surface area contributed by atoms with Crippen LogP contribution in [0.3, 0.4) is 0 Å². The molecule has 0 aliphatic rings. The highest BCUT2D eigenvalue weighted by molar-refractivity contribution is 5.95. The average Bonchev–Trinajstić information content (AvgIpc) is 2.95. The molecule has 29 heavy (non-hydrogen) atoms. The first kappa shape index (κ1) is 20.5. The lowest BCUT2D eigenvalue weighted by Crippen LogP contribution is -2.28. The number of methoxy groups -OCH3 is 1. The number of H-pyrrole nitrogens is 1. The number of aromatic amines is 1. The average molecular weight is 393 g/mol. The molecule has 0 atom stereocenters. The van der Waals surface area contributed by atoms with E-state index in [1.807, 2.05) is 64.1 Å². The van der Waals surface area contributed by atoms with Crippen molar-refractivity contribution in [1.82, 2.24) is 14.9 Å². The number of pyridine rings is 1. The van der Waals surface area contributed by atoms with Crippen molar-refractivity contribution >= 4 is 5.91 Å². The van der Waals surface area contributed by atoms with Crippen LogP contribution < -0.4 is 15.6 Å². The van der Waals surface area contributed by atoms with Crippen LogP contribution in [0.5, 0.6) is 5.75 Å². The molecule has 6 heteroatoms. The summed E-state index contributed by atoms with van der Waals surface area (Å²) in [5.41, 5.74) is 5.70. The summed E-state index contributed by atoms with van der Waals surface area (Å²) in [6.07, 6.45) is 0. The third-order valence-electron chi connectivity index (χ3n) is 5.21.